The van der Waals surface area contributed by atoms with Crippen LogP contribution in [0.4, 0.5) is 0 Å². The number of hydrogen-bond donors (Lipinski definition) is 1. The summed E-state index contributed by atoms with van der Waals surface area (Å²) in [6, 6.07) is 7.71. The summed E-state index contributed by atoms with van der Waals surface area (Å²) in [7, 11) is 0. The van der Waals surface area contributed by atoms with Gasteiger partial charge in [-0.05, 0) is 33.3 Å². The zero-order valence-corrected chi connectivity index (χ0v) is 12.5. The van der Waals surface area contributed by atoms with E-state index in [4.69, 9.17) is 16.3 Å². The van der Waals surface area contributed by atoms with Crippen LogP contribution in [0.15, 0.2) is 24.3 Å². The summed E-state index contributed by atoms with van der Waals surface area (Å²) in [5, 5.41) is 2.97. The maximum absolute atomic E-state index is 11.7. The minimum atomic E-state index is -0.0715. The summed E-state index contributed by atoms with van der Waals surface area (Å²) in [4.78, 5) is 11.7. The molecule has 0 radical (unpaired) electrons. The van der Waals surface area contributed by atoms with Gasteiger partial charge in [0, 0.05) is 17.9 Å². The van der Waals surface area contributed by atoms with E-state index in [1.165, 1.54) is 0 Å². The van der Waals surface area contributed by atoms with Gasteiger partial charge in [-0.3, -0.25) is 4.79 Å². The monoisotopic (exact) mass is 283 g/mol. The maximum Gasteiger partial charge on any atom is 0.220 e. The first-order chi connectivity index (χ1) is 9.04. The predicted octanol–water partition coefficient (Wildman–Crippen LogP) is 3.67. The molecule has 0 aromatic heterocycles. The summed E-state index contributed by atoms with van der Waals surface area (Å²) in [5.74, 6) is 1.35. The van der Waals surface area contributed by atoms with Crippen LogP contribution in [0.25, 0.3) is 0 Å². The van der Waals surface area contributed by atoms with Crippen LogP contribution in [0, 0.1) is 0 Å². The molecule has 3 nitrogen and oxygen atoms in total. The zero-order valence-electron chi connectivity index (χ0n) is 11.8. The van der Waals surface area contributed by atoms with Crippen LogP contribution >= 0.6 is 11.6 Å². The van der Waals surface area contributed by atoms with E-state index in [1.807, 2.05) is 45.0 Å². The molecule has 1 N–H and O–H groups in total. The molecule has 19 heavy (non-hydrogen) atoms. The van der Waals surface area contributed by atoms with Crippen molar-refractivity contribution in [2.24, 2.45) is 0 Å². The first-order valence-electron chi connectivity index (χ1n) is 6.65. The van der Waals surface area contributed by atoms with Crippen molar-refractivity contribution in [2.45, 2.75) is 45.8 Å². The molecular formula is C15H22ClNO2. The van der Waals surface area contributed by atoms with E-state index in [0.717, 1.165) is 11.3 Å². The van der Waals surface area contributed by atoms with E-state index in [1.54, 1.807) is 0 Å². The number of carbonyl (C=O) groups excluding carboxylic acids is 1. The molecule has 1 aromatic carbocycles. The average Bonchev–Trinajstić information content (AvgIpc) is 2.36. The Hall–Kier alpha value is -1.22. The highest BCUT2D eigenvalue weighted by atomic mass is 35.5. The number of hydrogen-bond acceptors (Lipinski definition) is 2. The van der Waals surface area contributed by atoms with Gasteiger partial charge in [0.2, 0.25) is 5.91 Å². The van der Waals surface area contributed by atoms with E-state index in [9.17, 15) is 4.79 Å². The van der Waals surface area contributed by atoms with Crippen molar-refractivity contribution in [1.82, 2.24) is 5.32 Å². The molecule has 0 saturated carbocycles. The normalized spacial score (nSPS) is 12.3. The molecule has 1 rings (SSSR count). The molecule has 1 atom stereocenters. The van der Waals surface area contributed by atoms with Crippen molar-refractivity contribution in [3.05, 3.63) is 29.8 Å². The summed E-state index contributed by atoms with van der Waals surface area (Å²) in [5.41, 5.74) is 0.996. The van der Waals surface area contributed by atoms with Gasteiger partial charge >= 0.3 is 0 Å². The van der Waals surface area contributed by atoms with Crippen molar-refractivity contribution in [3.63, 3.8) is 0 Å². The number of nitrogens with one attached hydrogen (secondary N) is 1. The van der Waals surface area contributed by atoms with Crippen molar-refractivity contribution in [3.8, 4) is 5.75 Å². The van der Waals surface area contributed by atoms with Crippen LogP contribution < -0.4 is 10.1 Å². The van der Waals surface area contributed by atoms with Gasteiger partial charge in [0.15, 0.2) is 0 Å². The molecule has 0 spiro atoms. The Labute approximate surface area is 120 Å². The number of para-hydroxylation sites is 1. The SMILES string of the molecule is CC(C)Oc1ccccc1C(C)NC(=O)CCCCl. The van der Waals surface area contributed by atoms with Gasteiger partial charge in [0.05, 0.1) is 12.1 Å². The van der Waals surface area contributed by atoms with Gasteiger partial charge in [-0.15, -0.1) is 11.6 Å². The molecule has 0 aliphatic heterocycles. The van der Waals surface area contributed by atoms with E-state index < -0.39 is 0 Å². The number of benzene rings is 1. The third-order valence-electron chi connectivity index (χ3n) is 2.66. The lowest BCUT2D eigenvalue weighted by atomic mass is 10.1. The lowest BCUT2D eigenvalue weighted by molar-refractivity contribution is -0.121. The molecule has 0 fully saturated rings. The first kappa shape index (κ1) is 15.8. The fourth-order valence-corrected chi connectivity index (χ4v) is 1.95. The lowest BCUT2D eigenvalue weighted by Gasteiger charge is -2.19. The third-order valence-corrected chi connectivity index (χ3v) is 2.93. The van der Waals surface area contributed by atoms with Gasteiger partial charge in [0.1, 0.15) is 5.75 Å². The Kier molecular flexibility index (Phi) is 6.71. The molecule has 0 heterocycles. The van der Waals surface area contributed by atoms with Gasteiger partial charge in [-0.2, -0.15) is 0 Å². The minimum Gasteiger partial charge on any atom is -0.491 e. The molecule has 0 aliphatic rings. The Morgan fingerprint density at radius 2 is 2.00 bits per heavy atom. The van der Waals surface area contributed by atoms with Crippen molar-refractivity contribution >= 4 is 17.5 Å². The number of amides is 1. The van der Waals surface area contributed by atoms with Crippen LogP contribution in [0.3, 0.4) is 0 Å². The standard InChI is InChI=1S/C15H22ClNO2/c1-11(2)19-14-8-5-4-7-13(14)12(3)17-15(18)9-6-10-16/h4-5,7-8,11-12H,6,9-10H2,1-3H3,(H,17,18). The number of carbonyl (C=O) groups is 1. The Bertz CT molecular complexity index is 407. The number of ether oxygens (including phenoxy) is 1. The lowest BCUT2D eigenvalue weighted by Crippen LogP contribution is -2.27. The molecule has 0 aliphatic carbocycles. The predicted molar refractivity (Wildman–Crippen MR) is 78.7 cm³/mol. The summed E-state index contributed by atoms with van der Waals surface area (Å²) >= 11 is 5.58. The fraction of sp³-hybridized carbons (Fsp3) is 0.533. The third kappa shape index (κ3) is 5.52. The Morgan fingerprint density at radius 1 is 1.32 bits per heavy atom. The average molecular weight is 284 g/mol. The highest BCUT2D eigenvalue weighted by molar-refractivity contribution is 6.17. The molecule has 1 amide bonds. The topological polar surface area (TPSA) is 38.3 Å². The first-order valence-corrected chi connectivity index (χ1v) is 7.19. The number of alkyl halides is 1. The smallest absolute Gasteiger partial charge is 0.220 e. The molecule has 1 unspecified atom stereocenters. The molecule has 0 saturated heterocycles. The van der Waals surface area contributed by atoms with Gasteiger partial charge < -0.3 is 10.1 Å². The van der Waals surface area contributed by atoms with Crippen molar-refractivity contribution in [2.75, 3.05) is 5.88 Å². The Morgan fingerprint density at radius 3 is 2.63 bits per heavy atom. The van der Waals surface area contributed by atoms with E-state index in [2.05, 4.69) is 5.32 Å². The molecule has 1 aromatic rings. The van der Waals surface area contributed by atoms with E-state index in [0.29, 0.717) is 18.7 Å². The number of rotatable bonds is 7. The van der Waals surface area contributed by atoms with Crippen LogP contribution in [-0.2, 0) is 4.79 Å². The summed E-state index contributed by atoms with van der Waals surface area (Å²) in [6.07, 6.45) is 1.27. The Balaban J connectivity index is 2.70. The van der Waals surface area contributed by atoms with Gasteiger partial charge in [-0.1, -0.05) is 18.2 Å². The molecular weight excluding hydrogens is 262 g/mol. The van der Waals surface area contributed by atoms with E-state index >= 15 is 0 Å². The highest BCUT2D eigenvalue weighted by Gasteiger charge is 2.14. The molecule has 106 valence electrons. The van der Waals surface area contributed by atoms with Crippen LogP contribution in [0.1, 0.15) is 45.2 Å². The second kappa shape index (κ2) is 8.05. The minimum absolute atomic E-state index is 0.0208. The largest absolute Gasteiger partial charge is 0.491 e. The van der Waals surface area contributed by atoms with Crippen molar-refractivity contribution in [1.29, 1.82) is 0 Å². The van der Waals surface area contributed by atoms with Crippen LogP contribution in [-0.4, -0.2) is 17.9 Å². The maximum atomic E-state index is 11.7. The quantitative estimate of drug-likeness (QED) is 0.776. The highest BCUT2D eigenvalue weighted by Crippen LogP contribution is 2.25. The summed E-state index contributed by atoms with van der Waals surface area (Å²) < 4.78 is 5.76. The fourth-order valence-electron chi connectivity index (χ4n) is 1.82. The summed E-state index contributed by atoms with van der Waals surface area (Å²) in [6.45, 7) is 5.93. The number of halogens is 1. The molecule has 4 heteroatoms. The van der Waals surface area contributed by atoms with Crippen molar-refractivity contribution < 1.29 is 9.53 Å². The van der Waals surface area contributed by atoms with Crippen LogP contribution in [0.2, 0.25) is 0 Å². The second-order valence-electron chi connectivity index (χ2n) is 4.79. The van der Waals surface area contributed by atoms with E-state index in [-0.39, 0.29) is 18.1 Å². The molecule has 0 bridgehead atoms. The van der Waals surface area contributed by atoms with Gasteiger partial charge in [0.25, 0.3) is 0 Å². The van der Waals surface area contributed by atoms with Crippen LogP contribution in [0.5, 0.6) is 5.75 Å². The second-order valence-corrected chi connectivity index (χ2v) is 5.16. The van der Waals surface area contributed by atoms with Gasteiger partial charge in [-0.25, -0.2) is 0 Å². The zero-order chi connectivity index (χ0) is 14.3.